The normalized spacial score (nSPS) is 12.8. The van der Waals surface area contributed by atoms with Gasteiger partial charge in [-0.25, -0.2) is 9.48 Å². The SMILES string of the molecule is CCCCc1cc(NC(=O)Nc2cccc3ccccc23)n(-c2ccc3c(c2)CCC(=O)N3)n1. The number of fused-ring (bicyclic) bond motifs is 2. The average molecular weight is 454 g/mol. The van der Waals surface area contributed by atoms with Gasteiger partial charge in [-0.15, -0.1) is 0 Å². The molecule has 1 aliphatic rings. The van der Waals surface area contributed by atoms with Gasteiger partial charge in [0.2, 0.25) is 5.91 Å². The zero-order valence-electron chi connectivity index (χ0n) is 19.1. The monoisotopic (exact) mass is 453 g/mol. The van der Waals surface area contributed by atoms with Gasteiger partial charge in [-0.3, -0.25) is 10.1 Å². The molecule has 4 aromatic rings. The second-order valence-corrected chi connectivity index (χ2v) is 8.53. The van der Waals surface area contributed by atoms with Crippen molar-refractivity contribution in [1.82, 2.24) is 9.78 Å². The van der Waals surface area contributed by atoms with Crippen molar-refractivity contribution in [3.05, 3.63) is 78.0 Å². The Labute approximate surface area is 198 Å². The van der Waals surface area contributed by atoms with E-state index in [0.29, 0.717) is 18.7 Å². The van der Waals surface area contributed by atoms with E-state index in [1.807, 2.05) is 66.7 Å². The number of aromatic nitrogens is 2. The Morgan fingerprint density at radius 1 is 1.03 bits per heavy atom. The molecule has 0 bridgehead atoms. The topological polar surface area (TPSA) is 88.0 Å². The van der Waals surface area contributed by atoms with E-state index in [4.69, 9.17) is 5.10 Å². The van der Waals surface area contributed by atoms with Crippen LogP contribution in [0.4, 0.5) is 22.0 Å². The third-order valence-electron chi connectivity index (χ3n) is 6.05. The molecule has 0 saturated carbocycles. The molecule has 1 aliphatic heterocycles. The first-order valence-electron chi connectivity index (χ1n) is 11.7. The van der Waals surface area contributed by atoms with Crippen molar-refractivity contribution < 1.29 is 9.59 Å². The zero-order valence-corrected chi connectivity index (χ0v) is 19.1. The molecular weight excluding hydrogens is 426 g/mol. The molecule has 0 radical (unpaired) electrons. The molecule has 3 N–H and O–H groups in total. The van der Waals surface area contributed by atoms with Crippen molar-refractivity contribution in [2.24, 2.45) is 0 Å². The third kappa shape index (κ3) is 4.50. The lowest BCUT2D eigenvalue weighted by Gasteiger charge is -2.18. The molecule has 0 saturated heterocycles. The number of benzene rings is 3. The second-order valence-electron chi connectivity index (χ2n) is 8.53. The summed E-state index contributed by atoms with van der Waals surface area (Å²) in [7, 11) is 0. The summed E-state index contributed by atoms with van der Waals surface area (Å²) >= 11 is 0. The maximum Gasteiger partial charge on any atom is 0.324 e. The Bertz CT molecular complexity index is 1370. The van der Waals surface area contributed by atoms with E-state index >= 15 is 0 Å². The van der Waals surface area contributed by atoms with Crippen LogP contribution in [-0.4, -0.2) is 21.7 Å². The fraction of sp³-hybridized carbons (Fsp3) is 0.222. The second kappa shape index (κ2) is 9.39. The largest absolute Gasteiger partial charge is 0.326 e. The summed E-state index contributed by atoms with van der Waals surface area (Å²) in [6, 6.07) is 21.2. The van der Waals surface area contributed by atoms with Crippen LogP contribution in [0.15, 0.2) is 66.7 Å². The number of rotatable bonds is 6. The average Bonchev–Trinajstić information content (AvgIpc) is 3.25. The summed E-state index contributed by atoms with van der Waals surface area (Å²) in [6.07, 6.45) is 4.08. The van der Waals surface area contributed by atoms with Gasteiger partial charge >= 0.3 is 6.03 Å². The number of carbonyl (C=O) groups is 2. The van der Waals surface area contributed by atoms with Gasteiger partial charge in [0.05, 0.1) is 17.1 Å². The van der Waals surface area contributed by atoms with E-state index < -0.39 is 0 Å². The highest BCUT2D eigenvalue weighted by Gasteiger charge is 2.18. The zero-order chi connectivity index (χ0) is 23.5. The molecule has 172 valence electrons. The first-order valence-corrected chi connectivity index (χ1v) is 11.7. The lowest BCUT2D eigenvalue weighted by atomic mass is 10.0. The molecule has 2 heterocycles. The van der Waals surface area contributed by atoms with E-state index in [9.17, 15) is 9.59 Å². The van der Waals surface area contributed by atoms with Gasteiger partial charge in [0, 0.05) is 23.6 Å². The smallest absolute Gasteiger partial charge is 0.324 e. The maximum atomic E-state index is 13.0. The van der Waals surface area contributed by atoms with E-state index in [1.165, 1.54) is 0 Å². The minimum atomic E-state index is -0.329. The number of nitrogens with one attached hydrogen (secondary N) is 3. The van der Waals surface area contributed by atoms with E-state index in [-0.39, 0.29) is 11.9 Å². The fourth-order valence-electron chi connectivity index (χ4n) is 4.30. The third-order valence-corrected chi connectivity index (χ3v) is 6.05. The van der Waals surface area contributed by atoms with Gasteiger partial charge in [0.1, 0.15) is 5.82 Å². The minimum absolute atomic E-state index is 0.0358. The van der Waals surface area contributed by atoms with Crippen molar-refractivity contribution in [2.45, 2.75) is 39.0 Å². The lowest BCUT2D eigenvalue weighted by Crippen LogP contribution is -2.22. The van der Waals surface area contributed by atoms with Crippen LogP contribution in [0.3, 0.4) is 0 Å². The van der Waals surface area contributed by atoms with Crippen LogP contribution >= 0.6 is 0 Å². The molecule has 0 aliphatic carbocycles. The molecule has 7 nitrogen and oxygen atoms in total. The molecule has 0 unspecified atom stereocenters. The summed E-state index contributed by atoms with van der Waals surface area (Å²) in [6.45, 7) is 2.14. The molecule has 5 rings (SSSR count). The first-order chi connectivity index (χ1) is 16.6. The highest BCUT2D eigenvalue weighted by Crippen LogP contribution is 2.28. The van der Waals surface area contributed by atoms with Crippen LogP contribution < -0.4 is 16.0 Å². The molecule has 0 spiro atoms. The van der Waals surface area contributed by atoms with Crippen LogP contribution in [0.1, 0.15) is 37.4 Å². The van der Waals surface area contributed by atoms with E-state index in [1.54, 1.807) is 4.68 Å². The van der Waals surface area contributed by atoms with Crippen LogP contribution in [0.5, 0.6) is 0 Å². The summed E-state index contributed by atoms with van der Waals surface area (Å²) in [4.78, 5) is 24.7. The number of urea groups is 1. The Balaban J connectivity index is 1.43. The molecule has 0 fully saturated rings. The molecular formula is C27H27N5O2. The minimum Gasteiger partial charge on any atom is -0.326 e. The van der Waals surface area contributed by atoms with Crippen LogP contribution in [-0.2, 0) is 17.6 Å². The van der Waals surface area contributed by atoms with Crippen LogP contribution in [0.25, 0.3) is 16.5 Å². The maximum absolute atomic E-state index is 13.0. The number of unbranched alkanes of at least 4 members (excludes halogenated alkanes) is 1. The number of carbonyl (C=O) groups excluding carboxylic acids is 2. The number of anilines is 3. The molecule has 3 amide bonds. The number of nitrogens with zero attached hydrogens (tertiary/aromatic N) is 2. The summed E-state index contributed by atoms with van der Waals surface area (Å²) in [5.74, 6) is 0.636. The predicted molar refractivity (Wildman–Crippen MR) is 136 cm³/mol. The standard InChI is InChI=1S/C27H27N5O2/c1-2-3-9-20-17-25(30-27(34)29-24-11-6-8-18-7-4-5-10-22(18)24)32(31-20)21-13-14-23-19(16-21)12-15-26(33)28-23/h4-8,10-11,13-14,16-17H,2-3,9,12,15H2,1H3,(H,28,33)(H2,29,30,34). The van der Waals surface area contributed by atoms with Crippen molar-refractivity contribution in [2.75, 3.05) is 16.0 Å². The highest BCUT2D eigenvalue weighted by molar-refractivity contribution is 6.06. The van der Waals surface area contributed by atoms with Gasteiger partial charge in [-0.05, 0) is 54.5 Å². The first kappa shape index (κ1) is 21.7. The fourth-order valence-corrected chi connectivity index (χ4v) is 4.30. The summed E-state index contributed by atoms with van der Waals surface area (Å²) < 4.78 is 1.77. The van der Waals surface area contributed by atoms with Gasteiger partial charge in [0.15, 0.2) is 0 Å². The number of hydrogen-bond donors (Lipinski definition) is 3. The Morgan fingerprint density at radius 2 is 1.88 bits per heavy atom. The highest BCUT2D eigenvalue weighted by atomic mass is 16.2. The summed E-state index contributed by atoms with van der Waals surface area (Å²) in [5.41, 5.74) is 4.42. The van der Waals surface area contributed by atoms with Crippen molar-refractivity contribution in [3.8, 4) is 5.69 Å². The van der Waals surface area contributed by atoms with Crippen LogP contribution in [0.2, 0.25) is 0 Å². The summed E-state index contributed by atoms with van der Waals surface area (Å²) in [5, 5.41) is 15.7. The van der Waals surface area contributed by atoms with Gasteiger partial charge in [-0.1, -0.05) is 49.7 Å². The molecule has 34 heavy (non-hydrogen) atoms. The Kier molecular flexibility index (Phi) is 5.99. The van der Waals surface area contributed by atoms with Gasteiger partial charge in [-0.2, -0.15) is 5.10 Å². The van der Waals surface area contributed by atoms with E-state index in [0.717, 1.165) is 58.4 Å². The molecule has 0 atom stereocenters. The van der Waals surface area contributed by atoms with Crippen molar-refractivity contribution >= 4 is 39.9 Å². The number of aryl methyl sites for hydroxylation is 2. The van der Waals surface area contributed by atoms with Gasteiger partial charge in [0.25, 0.3) is 0 Å². The quantitative estimate of drug-likeness (QED) is 0.340. The molecule has 1 aromatic heterocycles. The Morgan fingerprint density at radius 3 is 2.76 bits per heavy atom. The predicted octanol–water partition coefficient (Wildman–Crippen LogP) is 5.90. The van der Waals surface area contributed by atoms with E-state index in [2.05, 4.69) is 22.9 Å². The van der Waals surface area contributed by atoms with Crippen molar-refractivity contribution in [1.29, 1.82) is 0 Å². The number of hydrogen-bond acceptors (Lipinski definition) is 3. The molecule has 3 aromatic carbocycles. The molecule has 7 heteroatoms. The van der Waals surface area contributed by atoms with Crippen LogP contribution in [0, 0.1) is 0 Å². The van der Waals surface area contributed by atoms with Gasteiger partial charge < -0.3 is 10.6 Å². The number of amides is 3. The van der Waals surface area contributed by atoms with Crippen molar-refractivity contribution in [3.63, 3.8) is 0 Å². The Hall–Kier alpha value is -4.13. The lowest BCUT2D eigenvalue weighted by molar-refractivity contribution is -0.116.